The number of carbonyl (C=O) groups is 3. The van der Waals surface area contributed by atoms with E-state index in [4.69, 9.17) is 17.2 Å². The number of nitrogens with two attached hydrogens (primary N) is 3. The number of fused-ring (bicyclic) bond motifs is 6. The van der Waals surface area contributed by atoms with Crippen molar-refractivity contribution in [2.75, 3.05) is 19.6 Å². The topological polar surface area (TPSA) is 176 Å². The Labute approximate surface area is 509 Å². The number of amides is 3. The predicted molar refractivity (Wildman–Crippen MR) is 320 cm³/mol. The molecule has 6 N–H and O–H groups in total. The Morgan fingerprint density at radius 3 is 0.897 bits per heavy atom. The molecule has 3 heterocycles. The van der Waals surface area contributed by atoms with Crippen LogP contribution in [0.2, 0.25) is 0 Å². The number of rotatable bonds is 9. The van der Waals surface area contributed by atoms with Crippen molar-refractivity contribution < 1.29 is 53.9 Å². The Morgan fingerprint density at radius 2 is 0.655 bits per heavy atom. The molecule has 456 valence electrons. The fraction of sp³-hybridized carbons (Fsp3) is 0.333. The molecule has 0 unspecified atom stereocenters. The van der Waals surface area contributed by atoms with Gasteiger partial charge in [-0.3, -0.25) is 14.4 Å². The third kappa shape index (κ3) is 11.7. The molecule has 0 bridgehead atoms. The standard InChI is InChI=1S/3C21H20F3N3OS/c3*1-12(28)27-21(29-20(26-27)17-10-15(22)6-7-19(17)24)14(8-9-25)4-2-13-3-5-16(23)11-18(13)21/h3*3,5-7,10-11,14H,2,4,8-9,25H2,1H3/t2*14-,21+;14-,21-/m100/s1. The summed E-state index contributed by atoms with van der Waals surface area (Å²) < 4.78 is 127. The summed E-state index contributed by atoms with van der Waals surface area (Å²) in [6.45, 7) is 5.24. The monoisotopic (exact) mass is 1260 g/mol. The molecule has 6 aromatic rings. The average molecular weight is 1260 g/mol. The summed E-state index contributed by atoms with van der Waals surface area (Å²) in [5.41, 5.74) is 22.1. The molecule has 0 saturated heterocycles. The Balaban J connectivity index is 0.000000144. The van der Waals surface area contributed by atoms with Gasteiger partial charge >= 0.3 is 0 Å². The fourth-order valence-corrected chi connectivity index (χ4v) is 17.7. The van der Waals surface area contributed by atoms with Crippen LogP contribution in [0.4, 0.5) is 39.5 Å². The lowest BCUT2D eigenvalue weighted by Gasteiger charge is -2.45. The van der Waals surface area contributed by atoms with E-state index in [1.165, 1.54) is 107 Å². The number of hydrazone groups is 3. The average Bonchev–Trinajstić information content (AvgIpc) is 1.81. The molecule has 0 radical (unpaired) electrons. The zero-order valence-corrected chi connectivity index (χ0v) is 49.8. The zero-order valence-electron chi connectivity index (χ0n) is 47.4. The van der Waals surface area contributed by atoms with Crippen LogP contribution >= 0.6 is 35.3 Å². The number of hydrogen-bond acceptors (Lipinski definition) is 12. The first-order valence-electron chi connectivity index (χ1n) is 28.2. The van der Waals surface area contributed by atoms with E-state index in [1.807, 2.05) is 0 Å². The molecular weight excluding hydrogens is 1200 g/mol. The summed E-state index contributed by atoms with van der Waals surface area (Å²) in [5, 5.41) is 17.6. The molecule has 12 rings (SSSR count). The van der Waals surface area contributed by atoms with Crippen LogP contribution in [-0.2, 0) is 48.3 Å². The maximum Gasteiger partial charge on any atom is 0.241 e. The quantitative estimate of drug-likeness (QED) is 0.119. The molecule has 3 spiro atoms. The van der Waals surface area contributed by atoms with Crippen LogP contribution < -0.4 is 17.2 Å². The summed E-state index contributed by atoms with van der Waals surface area (Å²) in [6.07, 6.45) is 6.08. The molecule has 24 heteroatoms. The number of aryl methyl sites for hydroxylation is 3. The Morgan fingerprint density at radius 1 is 0.414 bits per heavy atom. The van der Waals surface area contributed by atoms with E-state index in [-0.39, 0.29) is 67.3 Å². The van der Waals surface area contributed by atoms with Crippen LogP contribution in [-0.4, -0.2) is 67.5 Å². The predicted octanol–water partition coefficient (Wildman–Crippen LogP) is 12.4. The fourth-order valence-electron chi connectivity index (χ4n) is 12.8. The number of benzene rings is 6. The highest BCUT2D eigenvalue weighted by molar-refractivity contribution is 8.16. The normalized spacial score (nSPS) is 23.3. The van der Waals surface area contributed by atoms with E-state index in [0.29, 0.717) is 55.6 Å². The van der Waals surface area contributed by atoms with Gasteiger partial charge in [-0.1, -0.05) is 53.5 Å². The summed E-state index contributed by atoms with van der Waals surface area (Å²) >= 11 is 3.52. The van der Waals surface area contributed by atoms with E-state index >= 15 is 0 Å². The van der Waals surface area contributed by atoms with Crippen LogP contribution in [0.5, 0.6) is 0 Å². The molecule has 87 heavy (non-hydrogen) atoms. The maximum atomic E-state index is 14.5. The van der Waals surface area contributed by atoms with E-state index in [0.717, 1.165) is 110 Å². The van der Waals surface area contributed by atoms with Crippen molar-refractivity contribution in [3.63, 3.8) is 0 Å². The van der Waals surface area contributed by atoms with E-state index in [1.54, 1.807) is 18.2 Å². The van der Waals surface area contributed by atoms with Crippen LogP contribution in [0, 0.1) is 70.1 Å². The van der Waals surface area contributed by atoms with Gasteiger partial charge in [0.25, 0.3) is 0 Å². The minimum absolute atomic E-state index is 0.0202. The number of thioether (sulfide) groups is 3. The molecule has 3 aliphatic heterocycles. The lowest BCUT2D eigenvalue weighted by atomic mass is 9.77. The van der Waals surface area contributed by atoms with E-state index < -0.39 is 67.0 Å². The summed E-state index contributed by atoms with van der Waals surface area (Å²) in [4.78, 5) is 34.7. The van der Waals surface area contributed by atoms with Crippen molar-refractivity contribution in [1.82, 2.24) is 15.0 Å². The molecule has 6 atom stereocenters. The van der Waals surface area contributed by atoms with Crippen molar-refractivity contribution >= 4 is 68.1 Å². The van der Waals surface area contributed by atoms with Crippen LogP contribution in [0.15, 0.2) is 124 Å². The first-order chi connectivity index (χ1) is 41.6. The van der Waals surface area contributed by atoms with Crippen LogP contribution in [0.1, 0.15) is 109 Å². The second-order valence-electron chi connectivity index (χ2n) is 21.8. The summed E-state index contributed by atoms with van der Waals surface area (Å²) in [6, 6.07) is 22.9. The smallest absolute Gasteiger partial charge is 0.241 e. The SMILES string of the molecule is CC(=O)N1N=C(c2cc(F)ccc2F)S[C@@]12c1cc(F)ccc1CC[C@@H]2CCN.CC(=O)N1N=C(c2cc(F)ccc2F)S[C@@]12c1cc(F)ccc1CC[C@H]2CCN.CC(=O)N1N=C(c2cc(F)ccc2F)S[C@]12c1cc(F)ccc1CC[C@H]2CCN. The van der Waals surface area contributed by atoms with Gasteiger partial charge in [-0.2, -0.15) is 15.3 Å². The lowest BCUT2D eigenvalue weighted by Crippen LogP contribution is -2.49. The van der Waals surface area contributed by atoms with Crippen molar-refractivity contribution in [3.05, 3.63) is 212 Å². The highest BCUT2D eigenvalue weighted by atomic mass is 32.2. The van der Waals surface area contributed by atoms with Gasteiger partial charge in [-0.15, -0.1) is 0 Å². The highest BCUT2D eigenvalue weighted by Gasteiger charge is 2.58. The van der Waals surface area contributed by atoms with Gasteiger partial charge < -0.3 is 17.2 Å². The van der Waals surface area contributed by atoms with Gasteiger partial charge in [0, 0.05) is 37.5 Å². The Kier molecular flexibility index (Phi) is 18.6. The second-order valence-corrected chi connectivity index (χ2v) is 25.5. The van der Waals surface area contributed by atoms with Crippen molar-refractivity contribution in [2.24, 2.45) is 50.3 Å². The largest absolute Gasteiger partial charge is 0.330 e. The minimum Gasteiger partial charge on any atom is -0.330 e. The Bertz CT molecular complexity index is 3420. The number of nitrogens with zero attached hydrogens (tertiary/aromatic N) is 6. The molecule has 12 nitrogen and oxygen atoms in total. The molecule has 6 aliphatic rings. The van der Waals surface area contributed by atoms with Gasteiger partial charge in [0.2, 0.25) is 17.7 Å². The van der Waals surface area contributed by atoms with Gasteiger partial charge in [-0.05, 0) is 220 Å². The second kappa shape index (κ2) is 25.6. The first kappa shape index (κ1) is 63.1. The van der Waals surface area contributed by atoms with Gasteiger partial charge in [-0.25, -0.2) is 54.5 Å². The molecular formula is C63H60F9N9O3S3. The number of carbonyl (C=O) groups excluding carboxylic acids is 3. The Hall–Kier alpha value is -6.96. The lowest BCUT2D eigenvalue weighted by molar-refractivity contribution is -0.135. The molecule has 0 fully saturated rings. The zero-order chi connectivity index (χ0) is 62.3. The molecule has 3 amide bonds. The van der Waals surface area contributed by atoms with E-state index in [9.17, 15) is 53.9 Å². The molecule has 0 aromatic heterocycles. The number of hydrogen-bond donors (Lipinski definition) is 3. The third-order valence-electron chi connectivity index (χ3n) is 16.5. The van der Waals surface area contributed by atoms with Gasteiger partial charge in [0.1, 0.15) is 82.1 Å². The highest BCUT2D eigenvalue weighted by Crippen LogP contribution is 2.61. The first-order valence-corrected chi connectivity index (χ1v) is 30.6. The van der Waals surface area contributed by atoms with Crippen molar-refractivity contribution in [2.45, 2.75) is 93.2 Å². The van der Waals surface area contributed by atoms with Crippen molar-refractivity contribution in [1.29, 1.82) is 0 Å². The molecule has 3 aliphatic carbocycles. The van der Waals surface area contributed by atoms with Gasteiger partial charge in [0.05, 0.1) is 0 Å². The molecule has 0 saturated carbocycles. The maximum absolute atomic E-state index is 14.5. The van der Waals surface area contributed by atoms with Crippen LogP contribution in [0.3, 0.4) is 0 Å². The van der Waals surface area contributed by atoms with Gasteiger partial charge in [0.15, 0.2) is 0 Å². The van der Waals surface area contributed by atoms with Crippen LogP contribution in [0.25, 0.3) is 0 Å². The minimum atomic E-state index is -1.05. The summed E-state index contributed by atoms with van der Waals surface area (Å²) in [5.74, 6) is -6.42. The third-order valence-corrected chi connectivity index (χ3v) is 21.1. The molecule has 6 aromatic carbocycles. The van der Waals surface area contributed by atoms with E-state index in [2.05, 4.69) is 15.3 Å². The number of halogens is 9. The summed E-state index contributed by atoms with van der Waals surface area (Å²) in [7, 11) is 0. The van der Waals surface area contributed by atoms with Crippen molar-refractivity contribution in [3.8, 4) is 0 Å².